The molecule has 2 aromatic rings. The lowest BCUT2D eigenvalue weighted by atomic mass is 9.85. The molecule has 0 saturated heterocycles. The second kappa shape index (κ2) is 6.71. The van der Waals surface area contributed by atoms with Crippen molar-refractivity contribution in [2.24, 2.45) is 0 Å². The number of hydrogen-bond acceptors (Lipinski definition) is 5. The molecule has 0 spiro atoms. The Morgan fingerprint density at radius 3 is 2.42 bits per heavy atom. The summed E-state index contributed by atoms with van der Waals surface area (Å²) in [5.74, 6) is 3.38. The van der Waals surface area contributed by atoms with Crippen LogP contribution in [-0.4, -0.2) is 30.0 Å². The molecule has 2 aromatic carbocycles. The van der Waals surface area contributed by atoms with Gasteiger partial charge in [0.1, 0.15) is 39.9 Å². The molecule has 0 aliphatic carbocycles. The Hall–Kier alpha value is -3.08. The predicted molar refractivity (Wildman–Crippen MR) is 121 cm³/mol. The highest BCUT2D eigenvalue weighted by molar-refractivity contribution is 5.73. The van der Waals surface area contributed by atoms with Gasteiger partial charge in [-0.05, 0) is 64.5 Å². The lowest BCUT2D eigenvalue weighted by molar-refractivity contribution is 0.151. The Labute approximate surface area is 182 Å². The van der Waals surface area contributed by atoms with Crippen LogP contribution in [0, 0.1) is 0 Å². The number of benzene rings is 2. The van der Waals surface area contributed by atoms with Gasteiger partial charge in [0.05, 0.1) is 24.8 Å². The number of phenolic OH excluding ortho intramolecular Hbond substituents is 1. The first-order valence-corrected chi connectivity index (χ1v) is 10.7. The quantitative estimate of drug-likeness (QED) is 0.696. The van der Waals surface area contributed by atoms with Gasteiger partial charge < -0.3 is 24.1 Å². The molecule has 5 nitrogen and oxygen atoms in total. The molecular formula is C26H28O5. The predicted octanol–water partition coefficient (Wildman–Crippen LogP) is 5.49. The maximum absolute atomic E-state index is 10.4. The third-order valence-electron chi connectivity index (χ3n) is 6.13. The minimum atomic E-state index is -0.436. The summed E-state index contributed by atoms with van der Waals surface area (Å²) in [7, 11) is 1.67. The van der Waals surface area contributed by atoms with Crippen LogP contribution in [-0.2, 0) is 6.42 Å². The van der Waals surface area contributed by atoms with E-state index in [4.69, 9.17) is 18.9 Å². The highest BCUT2D eigenvalue weighted by atomic mass is 16.5. The van der Waals surface area contributed by atoms with Gasteiger partial charge >= 0.3 is 0 Å². The van der Waals surface area contributed by atoms with Crippen molar-refractivity contribution in [3.8, 4) is 28.7 Å². The van der Waals surface area contributed by atoms with Crippen LogP contribution in [0.1, 0.15) is 55.9 Å². The molecule has 0 aromatic heterocycles. The Balaban J connectivity index is 1.57. The second-order valence-corrected chi connectivity index (χ2v) is 9.50. The molecule has 0 saturated carbocycles. The summed E-state index contributed by atoms with van der Waals surface area (Å²) in [6.07, 6.45) is 8.78. The maximum atomic E-state index is 10.4. The van der Waals surface area contributed by atoms with E-state index in [2.05, 4.69) is 12.2 Å². The van der Waals surface area contributed by atoms with Crippen molar-refractivity contribution in [3.05, 3.63) is 52.6 Å². The summed E-state index contributed by atoms with van der Waals surface area (Å²) in [4.78, 5) is 0. The maximum Gasteiger partial charge on any atom is 0.137 e. The Kier molecular flexibility index (Phi) is 4.30. The zero-order valence-electron chi connectivity index (χ0n) is 18.6. The minimum Gasteiger partial charge on any atom is -0.507 e. The van der Waals surface area contributed by atoms with Gasteiger partial charge in [-0.25, -0.2) is 0 Å². The first kappa shape index (κ1) is 19.9. The van der Waals surface area contributed by atoms with Crippen LogP contribution in [0.2, 0.25) is 0 Å². The van der Waals surface area contributed by atoms with Gasteiger partial charge in [-0.2, -0.15) is 0 Å². The van der Waals surface area contributed by atoms with Crippen molar-refractivity contribution in [2.75, 3.05) is 13.7 Å². The lowest BCUT2D eigenvalue weighted by Gasteiger charge is -2.35. The van der Waals surface area contributed by atoms with Crippen LogP contribution < -0.4 is 18.9 Å². The molecule has 5 heteroatoms. The van der Waals surface area contributed by atoms with Gasteiger partial charge in [0, 0.05) is 23.1 Å². The number of ether oxygens (including phenoxy) is 4. The third-order valence-corrected chi connectivity index (χ3v) is 6.13. The van der Waals surface area contributed by atoms with Crippen LogP contribution >= 0.6 is 0 Å². The van der Waals surface area contributed by atoms with Crippen LogP contribution in [0.15, 0.2) is 30.4 Å². The van der Waals surface area contributed by atoms with Gasteiger partial charge in [0.25, 0.3) is 0 Å². The minimum absolute atomic E-state index is 0.0704. The second-order valence-electron chi connectivity index (χ2n) is 9.50. The molecule has 3 aliphatic heterocycles. The molecule has 3 aliphatic rings. The molecular weight excluding hydrogens is 392 g/mol. The average molecular weight is 421 g/mol. The van der Waals surface area contributed by atoms with E-state index in [1.54, 1.807) is 13.2 Å². The van der Waals surface area contributed by atoms with Gasteiger partial charge in [-0.15, -0.1) is 0 Å². The van der Waals surface area contributed by atoms with Crippen LogP contribution in [0.25, 0.3) is 12.2 Å². The van der Waals surface area contributed by atoms with Gasteiger partial charge in [0.2, 0.25) is 0 Å². The molecule has 3 heterocycles. The standard InChI is InChI=1S/C26H28O5/c1-25(2)11-9-18-22(30-25)13-21(28-5)19-12-15(14-29-23(18)19)16-6-7-20(27)17-8-10-26(3,4)31-24(16)17/h6-11,13,15,27H,12,14H2,1-5H3/t15-/m1/s1. The number of rotatable bonds is 2. The largest absolute Gasteiger partial charge is 0.507 e. The highest BCUT2D eigenvalue weighted by Gasteiger charge is 2.35. The third kappa shape index (κ3) is 3.32. The summed E-state index contributed by atoms with van der Waals surface area (Å²) in [6.45, 7) is 8.58. The number of aromatic hydroxyl groups is 1. The monoisotopic (exact) mass is 420 g/mol. The van der Waals surface area contributed by atoms with Crippen molar-refractivity contribution in [3.63, 3.8) is 0 Å². The van der Waals surface area contributed by atoms with E-state index in [1.807, 2.05) is 52.0 Å². The number of phenols is 1. The zero-order chi connectivity index (χ0) is 22.0. The fourth-order valence-corrected chi connectivity index (χ4v) is 4.53. The summed E-state index contributed by atoms with van der Waals surface area (Å²) in [6, 6.07) is 5.64. The van der Waals surface area contributed by atoms with Crippen LogP contribution in [0.4, 0.5) is 0 Å². The summed E-state index contributed by atoms with van der Waals surface area (Å²) < 4.78 is 24.5. The van der Waals surface area contributed by atoms with Gasteiger partial charge in [-0.3, -0.25) is 0 Å². The number of methoxy groups -OCH3 is 1. The topological polar surface area (TPSA) is 57.2 Å². The van der Waals surface area contributed by atoms with Crippen molar-refractivity contribution in [1.82, 2.24) is 0 Å². The molecule has 0 radical (unpaired) electrons. The SMILES string of the molecule is COc1cc2c(c3c1C[C@@H](c1ccc(O)c4c1OC(C)(C)C=C4)CO3)C=CC(C)(C)O2. The van der Waals surface area contributed by atoms with Gasteiger partial charge in [-0.1, -0.05) is 6.07 Å². The molecule has 1 N–H and O–H groups in total. The summed E-state index contributed by atoms with van der Waals surface area (Å²) in [5.41, 5.74) is 2.93. The molecule has 162 valence electrons. The smallest absolute Gasteiger partial charge is 0.137 e. The number of fused-ring (bicyclic) bond motifs is 4. The molecule has 1 atom stereocenters. The van der Waals surface area contributed by atoms with E-state index in [0.717, 1.165) is 51.7 Å². The molecule has 0 fully saturated rings. The molecule has 0 unspecified atom stereocenters. The van der Waals surface area contributed by atoms with Crippen molar-refractivity contribution in [1.29, 1.82) is 0 Å². The Morgan fingerprint density at radius 1 is 0.968 bits per heavy atom. The molecule has 0 amide bonds. The van der Waals surface area contributed by atoms with Crippen LogP contribution in [0.3, 0.4) is 0 Å². The summed E-state index contributed by atoms with van der Waals surface area (Å²) >= 11 is 0. The van der Waals surface area contributed by atoms with Gasteiger partial charge in [0.15, 0.2) is 0 Å². The Bertz CT molecular complexity index is 1120. The molecule has 0 bridgehead atoms. The first-order chi connectivity index (χ1) is 14.7. The van der Waals surface area contributed by atoms with E-state index in [0.29, 0.717) is 6.61 Å². The van der Waals surface area contributed by atoms with Crippen molar-refractivity contribution in [2.45, 2.75) is 51.2 Å². The number of hydrogen-bond donors (Lipinski definition) is 1. The average Bonchev–Trinajstić information content (AvgIpc) is 2.71. The van der Waals surface area contributed by atoms with Crippen molar-refractivity contribution < 1.29 is 24.1 Å². The van der Waals surface area contributed by atoms with Crippen LogP contribution in [0.5, 0.6) is 28.7 Å². The fraction of sp³-hybridized carbons (Fsp3) is 0.385. The fourth-order valence-electron chi connectivity index (χ4n) is 4.53. The van der Waals surface area contributed by atoms with E-state index < -0.39 is 5.60 Å². The van der Waals surface area contributed by atoms with Crippen molar-refractivity contribution >= 4 is 12.2 Å². The normalized spacial score (nSPS) is 21.6. The van der Waals surface area contributed by atoms with E-state index in [-0.39, 0.29) is 17.3 Å². The van der Waals surface area contributed by atoms with E-state index in [1.165, 1.54) is 0 Å². The van der Waals surface area contributed by atoms with E-state index in [9.17, 15) is 5.11 Å². The summed E-state index contributed by atoms with van der Waals surface area (Å²) in [5, 5.41) is 10.4. The Morgan fingerprint density at radius 2 is 1.68 bits per heavy atom. The lowest BCUT2D eigenvalue weighted by Crippen LogP contribution is -2.30. The first-order valence-electron chi connectivity index (χ1n) is 10.7. The van der Waals surface area contributed by atoms with E-state index >= 15 is 0 Å². The molecule has 31 heavy (non-hydrogen) atoms. The zero-order valence-corrected chi connectivity index (χ0v) is 18.6. The highest BCUT2D eigenvalue weighted by Crippen LogP contribution is 2.50. The molecule has 5 rings (SSSR count).